The summed E-state index contributed by atoms with van der Waals surface area (Å²) >= 11 is 5.11. The highest BCUT2D eigenvalue weighted by Crippen LogP contribution is 2.34. The van der Waals surface area contributed by atoms with Gasteiger partial charge in [0.05, 0.1) is 13.2 Å². The number of hydrogen-bond acceptors (Lipinski definition) is 5. The van der Waals surface area contributed by atoms with Crippen molar-refractivity contribution in [2.24, 2.45) is 0 Å². The third kappa shape index (κ3) is 2.71. The highest BCUT2D eigenvalue weighted by Gasteiger charge is 2.14. The molecular formula is C12H14BrN3OS. The molecule has 0 radical (unpaired) electrons. The molecule has 6 heteroatoms. The second-order valence-electron chi connectivity index (χ2n) is 3.80. The zero-order valence-corrected chi connectivity index (χ0v) is 12.8. The Hall–Kier alpha value is -0.980. The standard InChI is InChI=1S/C12H14BrN3OS/c1-7(14-2)11-15-16-12(18-11)9-6-8(17-3)4-5-10(9)13/h4-7,14H,1-3H3. The smallest absolute Gasteiger partial charge is 0.149 e. The molecule has 0 spiro atoms. The zero-order chi connectivity index (χ0) is 13.1. The second-order valence-corrected chi connectivity index (χ2v) is 5.67. The van der Waals surface area contributed by atoms with Crippen molar-refractivity contribution in [3.05, 3.63) is 27.7 Å². The Kier molecular flexibility index (Phi) is 4.31. The van der Waals surface area contributed by atoms with Crippen LogP contribution in [0.25, 0.3) is 10.6 Å². The van der Waals surface area contributed by atoms with Crippen LogP contribution in [0.2, 0.25) is 0 Å². The minimum absolute atomic E-state index is 0.209. The van der Waals surface area contributed by atoms with Gasteiger partial charge in [0.1, 0.15) is 15.8 Å². The van der Waals surface area contributed by atoms with Crippen LogP contribution in [0.15, 0.2) is 22.7 Å². The highest BCUT2D eigenvalue weighted by atomic mass is 79.9. The summed E-state index contributed by atoms with van der Waals surface area (Å²) in [6, 6.07) is 6.03. The number of nitrogens with zero attached hydrogens (tertiary/aromatic N) is 2. The van der Waals surface area contributed by atoms with Gasteiger partial charge < -0.3 is 10.1 Å². The largest absolute Gasteiger partial charge is 0.497 e. The van der Waals surface area contributed by atoms with Gasteiger partial charge in [0.25, 0.3) is 0 Å². The van der Waals surface area contributed by atoms with E-state index in [4.69, 9.17) is 4.74 Å². The van der Waals surface area contributed by atoms with Gasteiger partial charge >= 0.3 is 0 Å². The van der Waals surface area contributed by atoms with Gasteiger partial charge in [-0.05, 0) is 32.2 Å². The number of hydrogen-bond donors (Lipinski definition) is 1. The van der Waals surface area contributed by atoms with E-state index < -0.39 is 0 Å². The number of aromatic nitrogens is 2. The predicted molar refractivity (Wildman–Crippen MR) is 77.1 cm³/mol. The molecule has 1 atom stereocenters. The lowest BCUT2D eigenvalue weighted by Crippen LogP contribution is -2.11. The molecule has 0 bridgehead atoms. The van der Waals surface area contributed by atoms with Crippen molar-refractivity contribution in [2.45, 2.75) is 13.0 Å². The first kappa shape index (κ1) is 13.5. The Bertz CT molecular complexity index is 544. The fourth-order valence-electron chi connectivity index (χ4n) is 1.44. The lowest BCUT2D eigenvalue weighted by Gasteiger charge is -2.04. The van der Waals surface area contributed by atoms with E-state index in [1.165, 1.54) is 0 Å². The monoisotopic (exact) mass is 327 g/mol. The van der Waals surface area contributed by atoms with Crippen molar-refractivity contribution >= 4 is 27.3 Å². The average Bonchev–Trinajstić information content (AvgIpc) is 2.88. The Morgan fingerprint density at radius 1 is 1.39 bits per heavy atom. The number of halogens is 1. The summed E-state index contributed by atoms with van der Waals surface area (Å²) in [5.41, 5.74) is 1.00. The van der Waals surface area contributed by atoms with Crippen LogP contribution in [0.5, 0.6) is 5.75 Å². The summed E-state index contributed by atoms with van der Waals surface area (Å²) in [5, 5.41) is 13.5. The summed E-state index contributed by atoms with van der Waals surface area (Å²) in [4.78, 5) is 0. The van der Waals surface area contributed by atoms with E-state index in [1.54, 1.807) is 18.4 Å². The first-order valence-electron chi connectivity index (χ1n) is 5.50. The van der Waals surface area contributed by atoms with Gasteiger partial charge in [0.2, 0.25) is 0 Å². The van der Waals surface area contributed by atoms with E-state index in [0.717, 1.165) is 25.8 Å². The molecule has 4 nitrogen and oxygen atoms in total. The summed E-state index contributed by atoms with van der Waals surface area (Å²) < 4.78 is 6.22. The van der Waals surface area contributed by atoms with Crippen LogP contribution in [0, 0.1) is 0 Å². The Labute approximate surface area is 119 Å². The van der Waals surface area contributed by atoms with Crippen LogP contribution in [0.4, 0.5) is 0 Å². The first-order valence-corrected chi connectivity index (χ1v) is 7.11. The number of benzene rings is 1. The van der Waals surface area contributed by atoms with Crippen molar-refractivity contribution < 1.29 is 4.74 Å². The fourth-order valence-corrected chi connectivity index (χ4v) is 2.94. The van der Waals surface area contributed by atoms with E-state index in [1.807, 2.05) is 25.2 Å². The minimum Gasteiger partial charge on any atom is -0.497 e. The van der Waals surface area contributed by atoms with Crippen molar-refractivity contribution in [3.63, 3.8) is 0 Å². The zero-order valence-electron chi connectivity index (χ0n) is 10.4. The van der Waals surface area contributed by atoms with Gasteiger partial charge in [-0.2, -0.15) is 0 Å². The third-order valence-corrected chi connectivity index (χ3v) is 4.48. The number of ether oxygens (including phenoxy) is 1. The lowest BCUT2D eigenvalue weighted by molar-refractivity contribution is 0.415. The molecule has 0 aliphatic heterocycles. The van der Waals surface area contributed by atoms with E-state index >= 15 is 0 Å². The maximum Gasteiger partial charge on any atom is 0.149 e. The molecule has 0 saturated heterocycles. The van der Waals surface area contributed by atoms with Gasteiger partial charge in [-0.1, -0.05) is 27.3 Å². The van der Waals surface area contributed by atoms with Crippen LogP contribution >= 0.6 is 27.3 Å². The highest BCUT2D eigenvalue weighted by molar-refractivity contribution is 9.10. The van der Waals surface area contributed by atoms with Crippen LogP contribution in [-0.4, -0.2) is 24.4 Å². The van der Waals surface area contributed by atoms with Gasteiger partial charge in [0, 0.05) is 10.0 Å². The molecule has 96 valence electrons. The van der Waals surface area contributed by atoms with Crippen LogP contribution in [0.1, 0.15) is 18.0 Å². The average molecular weight is 328 g/mol. The molecule has 0 aliphatic carbocycles. The maximum atomic E-state index is 5.23. The maximum absolute atomic E-state index is 5.23. The Morgan fingerprint density at radius 3 is 2.83 bits per heavy atom. The molecule has 0 aliphatic rings. The molecule has 0 saturated carbocycles. The van der Waals surface area contributed by atoms with E-state index in [2.05, 4.69) is 38.4 Å². The molecule has 0 fully saturated rings. The van der Waals surface area contributed by atoms with E-state index in [-0.39, 0.29) is 6.04 Å². The summed E-state index contributed by atoms with van der Waals surface area (Å²) in [6.07, 6.45) is 0. The molecule has 1 aromatic carbocycles. The molecular weight excluding hydrogens is 314 g/mol. The summed E-state index contributed by atoms with van der Waals surface area (Å²) in [7, 11) is 3.56. The quantitative estimate of drug-likeness (QED) is 0.936. The third-order valence-electron chi connectivity index (χ3n) is 2.65. The Balaban J connectivity index is 2.39. The van der Waals surface area contributed by atoms with Crippen molar-refractivity contribution in [2.75, 3.05) is 14.2 Å². The number of nitrogens with one attached hydrogen (secondary N) is 1. The van der Waals surface area contributed by atoms with Crippen LogP contribution < -0.4 is 10.1 Å². The molecule has 2 rings (SSSR count). The Morgan fingerprint density at radius 2 is 2.17 bits per heavy atom. The molecule has 1 heterocycles. The molecule has 18 heavy (non-hydrogen) atoms. The van der Waals surface area contributed by atoms with Gasteiger partial charge in [-0.3, -0.25) is 0 Å². The molecule has 0 amide bonds. The van der Waals surface area contributed by atoms with E-state index in [9.17, 15) is 0 Å². The van der Waals surface area contributed by atoms with Crippen molar-refractivity contribution in [1.29, 1.82) is 0 Å². The van der Waals surface area contributed by atoms with Crippen molar-refractivity contribution in [3.8, 4) is 16.3 Å². The molecule has 1 unspecified atom stereocenters. The normalized spacial score (nSPS) is 12.4. The van der Waals surface area contributed by atoms with Gasteiger partial charge in [-0.15, -0.1) is 10.2 Å². The van der Waals surface area contributed by atoms with Crippen molar-refractivity contribution in [1.82, 2.24) is 15.5 Å². The fraction of sp³-hybridized carbons (Fsp3) is 0.333. The van der Waals surface area contributed by atoms with Gasteiger partial charge in [0.15, 0.2) is 0 Å². The molecule has 1 aromatic heterocycles. The second kappa shape index (κ2) is 5.77. The minimum atomic E-state index is 0.209. The summed E-state index contributed by atoms with van der Waals surface area (Å²) in [5.74, 6) is 0.812. The van der Waals surface area contributed by atoms with E-state index in [0.29, 0.717) is 0 Å². The van der Waals surface area contributed by atoms with Gasteiger partial charge in [-0.25, -0.2) is 0 Å². The summed E-state index contributed by atoms with van der Waals surface area (Å²) in [6.45, 7) is 2.06. The van der Waals surface area contributed by atoms with Crippen LogP contribution in [-0.2, 0) is 0 Å². The molecule has 1 N–H and O–H groups in total. The SMILES string of the molecule is CNC(C)c1nnc(-c2cc(OC)ccc2Br)s1. The number of methoxy groups -OCH3 is 1. The van der Waals surface area contributed by atoms with Crippen LogP contribution in [0.3, 0.4) is 0 Å². The topological polar surface area (TPSA) is 47.0 Å². The molecule has 2 aromatic rings. The number of rotatable bonds is 4. The lowest BCUT2D eigenvalue weighted by atomic mass is 10.2. The first-order chi connectivity index (χ1) is 8.65. The predicted octanol–water partition coefficient (Wildman–Crippen LogP) is 3.26.